The van der Waals surface area contributed by atoms with Crippen LogP contribution >= 0.6 is 0 Å². The quantitative estimate of drug-likeness (QED) is 0.556. The van der Waals surface area contributed by atoms with Gasteiger partial charge in [0.05, 0.1) is 32.4 Å². The Morgan fingerprint density at radius 3 is 2.39 bits per heavy atom. The molecule has 3 aromatic carbocycles. The highest BCUT2D eigenvalue weighted by Gasteiger charge is 2.47. The molecule has 0 spiro atoms. The second kappa shape index (κ2) is 8.98. The van der Waals surface area contributed by atoms with E-state index < -0.39 is 15.9 Å². The predicted molar refractivity (Wildman–Crippen MR) is 135 cm³/mol. The van der Waals surface area contributed by atoms with E-state index in [1.54, 1.807) is 42.5 Å². The Bertz CT molecular complexity index is 1560. The lowest BCUT2D eigenvalue weighted by atomic mass is 9.88. The van der Waals surface area contributed by atoms with Crippen LogP contribution in [0.1, 0.15) is 22.6 Å². The minimum atomic E-state index is -4.16. The summed E-state index contributed by atoms with van der Waals surface area (Å²) in [5.41, 5.74) is 8.56. The van der Waals surface area contributed by atoms with Crippen molar-refractivity contribution in [2.75, 3.05) is 18.5 Å². The summed E-state index contributed by atoms with van der Waals surface area (Å²) in [7, 11) is -1.16. The van der Waals surface area contributed by atoms with Gasteiger partial charge in [0, 0.05) is 5.56 Å². The van der Waals surface area contributed by atoms with Gasteiger partial charge in [-0.3, -0.25) is 4.31 Å². The van der Waals surface area contributed by atoms with Crippen molar-refractivity contribution in [1.29, 1.82) is 5.26 Å². The van der Waals surface area contributed by atoms with Gasteiger partial charge in [-0.15, -0.1) is 0 Å². The molecule has 2 aliphatic rings. The molecule has 9 heteroatoms. The van der Waals surface area contributed by atoms with E-state index >= 15 is 0 Å². The molecule has 0 bridgehead atoms. The molecule has 8 nitrogen and oxygen atoms in total. The number of hydrogen-bond acceptors (Lipinski definition) is 7. The molecule has 2 N–H and O–H groups in total. The van der Waals surface area contributed by atoms with Gasteiger partial charge in [-0.1, -0.05) is 48.5 Å². The minimum Gasteiger partial charge on any atom is -0.493 e. The van der Waals surface area contributed by atoms with Crippen LogP contribution in [0.3, 0.4) is 0 Å². The number of nitriles is 1. The van der Waals surface area contributed by atoms with Crippen molar-refractivity contribution in [3.63, 3.8) is 0 Å². The fourth-order valence-corrected chi connectivity index (χ4v) is 6.51. The Labute approximate surface area is 209 Å². The number of rotatable bonds is 5. The van der Waals surface area contributed by atoms with E-state index in [1.165, 1.54) is 18.5 Å². The first-order valence-corrected chi connectivity index (χ1v) is 12.5. The number of para-hydroxylation sites is 1. The Morgan fingerprint density at radius 1 is 1.00 bits per heavy atom. The molecule has 2 aliphatic heterocycles. The number of benzene rings is 3. The van der Waals surface area contributed by atoms with Crippen molar-refractivity contribution < 1.29 is 22.6 Å². The van der Waals surface area contributed by atoms with Gasteiger partial charge in [-0.05, 0) is 35.4 Å². The van der Waals surface area contributed by atoms with E-state index in [1.807, 2.05) is 30.3 Å². The fourth-order valence-electron chi connectivity index (χ4n) is 4.59. The van der Waals surface area contributed by atoms with E-state index in [0.29, 0.717) is 28.3 Å². The number of nitrogens with zero attached hydrogens (tertiary/aromatic N) is 2. The Morgan fingerprint density at radius 2 is 1.69 bits per heavy atom. The first-order valence-electron chi connectivity index (χ1n) is 11.1. The van der Waals surface area contributed by atoms with Gasteiger partial charge in [0.1, 0.15) is 16.5 Å². The molecule has 0 saturated carbocycles. The summed E-state index contributed by atoms with van der Waals surface area (Å²) in [6.07, 6.45) is 0. The number of sulfonamides is 1. The lowest BCUT2D eigenvalue weighted by Crippen LogP contribution is -2.39. The third-order valence-corrected chi connectivity index (χ3v) is 8.15. The van der Waals surface area contributed by atoms with Gasteiger partial charge < -0.3 is 19.9 Å². The average Bonchev–Trinajstić information content (AvgIpc) is 2.90. The largest absolute Gasteiger partial charge is 0.493 e. The van der Waals surface area contributed by atoms with E-state index in [4.69, 9.17) is 19.9 Å². The maximum atomic E-state index is 14.3. The predicted octanol–water partition coefficient (Wildman–Crippen LogP) is 4.23. The first kappa shape index (κ1) is 23.3. The average molecular weight is 502 g/mol. The zero-order valence-electron chi connectivity index (χ0n) is 19.6. The van der Waals surface area contributed by atoms with Crippen molar-refractivity contribution in [1.82, 2.24) is 0 Å². The summed E-state index contributed by atoms with van der Waals surface area (Å²) >= 11 is 0. The highest BCUT2D eigenvalue weighted by molar-refractivity contribution is 7.96. The summed E-state index contributed by atoms with van der Waals surface area (Å²) in [6, 6.07) is 23.5. The maximum Gasteiger partial charge on any atom is 0.265 e. The molecular formula is C27H23N3O5S. The molecule has 0 aliphatic carbocycles. The van der Waals surface area contributed by atoms with Crippen LogP contribution in [0.15, 0.2) is 89.2 Å². The van der Waals surface area contributed by atoms with Crippen LogP contribution in [-0.4, -0.2) is 22.6 Å². The zero-order chi connectivity index (χ0) is 25.4. The van der Waals surface area contributed by atoms with Crippen molar-refractivity contribution in [2.24, 2.45) is 5.73 Å². The monoisotopic (exact) mass is 501 g/mol. The second-order valence-corrected chi connectivity index (χ2v) is 10.1. The first-order chi connectivity index (χ1) is 17.4. The number of allylic oxidation sites excluding steroid dienone is 2. The van der Waals surface area contributed by atoms with E-state index in [-0.39, 0.29) is 28.7 Å². The lowest BCUT2D eigenvalue weighted by molar-refractivity contribution is 0.352. The number of nitrogens with two attached hydrogens (primary N) is 1. The highest BCUT2D eigenvalue weighted by atomic mass is 32.2. The van der Waals surface area contributed by atoms with E-state index in [2.05, 4.69) is 6.07 Å². The Balaban J connectivity index is 1.77. The highest BCUT2D eigenvalue weighted by Crippen LogP contribution is 2.51. The van der Waals surface area contributed by atoms with Crippen molar-refractivity contribution in [3.05, 3.63) is 106 Å². The normalized spacial score (nSPS) is 18.0. The molecule has 0 unspecified atom stereocenters. The Kier molecular flexibility index (Phi) is 5.82. The van der Waals surface area contributed by atoms with Crippen LogP contribution < -0.4 is 19.5 Å². The summed E-state index contributed by atoms with van der Waals surface area (Å²) in [5, 5.41) is 10.0. The Hall–Kier alpha value is -4.42. The molecule has 0 amide bonds. The van der Waals surface area contributed by atoms with Crippen molar-refractivity contribution >= 4 is 21.5 Å². The molecule has 36 heavy (non-hydrogen) atoms. The summed E-state index contributed by atoms with van der Waals surface area (Å²) in [6.45, 7) is 0.108. The SMILES string of the molecule is COc1ccc([C@H]2C(C#N)=C(N)OC3=C2S(=O)(=O)N(Cc2ccccc2)c2ccccc23)cc1OC. The van der Waals surface area contributed by atoms with Crippen LogP contribution in [0.25, 0.3) is 5.76 Å². The minimum absolute atomic E-state index is 0.00332. The van der Waals surface area contributed by atoms with Gasteiger partial charge in [-0.25, -0.2) is 8.42 Å². The van der Waals surface area contributed by atoms with Gasteiger partial charge in [0.25, 0.3) is 10.0 Å². The van der Waals surface area contributed by atoms with Crippen LogP contribution in [0.4, 0.5) is 5.69 Å². The van der Waals surface area contributed by atoms with Gasteiger partial charge in [-0.2, -0.15) is 5.26 Å². The topological polar surface area (TPSA) is 115 Å². The number of ether oxygens (including phenoxy) is 3. The fraction of sp³-hybridized carbons (Fsp3) is 0.148. The third kappa shape index (κ3) is 3.63. The van der Waals surface area contributed by atoms with E-state index in [0.717, 1.165) is 5.56 Å². The van der Waals surface area contributed by atoms with E-state index in [9.17, 15) is 13.7 Å². The summed E-state index contributed by atoms with van der Waals surface area (Å²) in [4.78, 5) is -0.0462. The standard InChI is InChI=1S/C27H23N3O5S/c1-33-22-13-12-18(14-23(22)34-2)24-20(15-28)27(29)35-25-19-10-6-7-11-21(19)30(36(31,32)26(24)25)16-17-8-4-3-5-9-17/h3-14,24H,16,29H2,1-2H3/t24-/m0/s1. The molecule has 1 atom stereocenters. The van der Waals surface area contributed by atoms with Crippen LogP contribution in [0.5, 0.6) is 11.5 Å². The third-order valence-electron chi connectivity index (χ3n) is 6.27. The molecule has 182 valence electrons. The molecule has 0 saturated heterocycles. The molecule has 0 aromatic heterocycles. The van der Waals surface area contributed by atoms with Gasteiger partial charge >= 0.3 is 0 Å². The number of anilines is 1. The molecule has 0 fully saturated rings. The smallest absolute Gasteiger partial charge is 0.265 e. The summed E-state index contributed by atoms with van der Waals surface area (Å²) < 4.78 is 46.6. The molecule has 5 rings (SSSR count). The zero-order valence-corrected chi connectivity index (χ0v) is 20.5. The second-order valence-electron chi connectivity index (χ2n) is 8.25. The molecule has 0 radical (unpaired) electrons. The molecule has 2 heterocycles. The number of methoxy groups -OCH3 is 2. The van der Waals surface area contributed by atoms with Gasteiger partial charge in [0.15, 0.2) is 17.3 Å². The lowest BCUT2D eigenvalue weighted by Gasteiger charge is -2.38. The van der Waals surface area contributed by atoms with Crippen LogP contribution in [-0.2, 0) is 21.3 Å². The van der Waals surface area contributed by atoms with Crippen molar-refractivity contribution in [3.8, 4) is 17.6 Å². The van der Waals surface area contributed by atoms with Crippen molar-refractivity contribution in [2.45, 2.75) is 12.5 Å². The summed E-state index contributed by atoms with van der Waals surface area (Å²) in [5.74, 6) is -0.159. The number of hydrogen-bond donors (Lipinski definition) is 1. The molecular weight excluding hydrogens is 478 g/mol. The molecule has 3 aromatic rings. The van der Waals surface area contributed by atoms with Crippen LogP contribution in [0, 0.1) is 11.3 Å². The maximum absolute atomic E-state index is 14.3. The van der Waals surface area contributed by atoms with Crippen LogP contribution in [0.2, 0.25) is 0 Å². The van der Waals surface area contributed by atoms with Gasteiger partial charge in [0.2, 0.25) is 5.88 Å². The number of fused-ring (bicyclic) bond motifs is 2.